The molecule has 1 heterocycles. The zero-order valence-electron chi connectivity index (χ0n) is 9.03. The molecule has 1 aromatic heterocycles. The highest BCUT2D eigenvalue weighted by Crippen LogP contribution is 2.22. The van der Waals surface area contributed by atoms with Crippen molar-refractivity contribution in [2.45, 2.75) is 13.8 Å². The summed E-state index contributed by atoms with van der Waals surface area (Å²) in [6, 6.07) is 12.3. The third kappa shape index (κ3) is 2.01. The first-order valence-corrected chi connectivity index (χ1v) is 5.08. The summed E-state index contributed by atoms with van der Waals surface area (Å²) in [7, 11) is 0. The highest BCUT2D eigenvalue weighted by Gasteiger charge is 2.00. The van der Waals surface area contributed by atoms with Crippen LogP contribution in [0.1, 0.15) is 19.4 Å². The van der Waals surface area contributed by atoms with Crippen molar-refractivity contribution < 1.29 is 4.42 Å². The average Bonchev–Trinajstić information content (AvgIpc) is 2.82. The van der Waals surface area contributed by atoms with Gasteiger partial charge in [0.15, 0.2) is 0 Å². The molecule has 0 fully saturated rings. The standard InChI is InChI=1S/C14H14O/c1-3-11(2)12-6-8-13(9-7-12)14-5-4-10-15-14/h3-10H,1-2H3/b11-3+. The molecular weight excluding hydrogens is 184 g/mol. The maximum absolute atomic E-state index is 5.33. The molecule has 2 rings (SSSR count). The van der Waals surface area contributed by atoms with E-state index < -0.39 is 0 Å². The van der Waals surface area contributed by atoms with Gasteiger partial charge in [-0.3, -0.25) is 0 Å². The molecule has 1 heteroatoms. The largest absolute Gasteiger partial charge is 0.464 e. The maximum atomic E-state index is 5.33. The highest BCUT2D eigenvalue weighted by molar-refractivity contribution is 5.67. The van der Waals surface area contributed by atoms with Crippen LogP contribution in [0.15, 0.2) is 53.2 Å². The Kier molecular flexibility index (Phi) is 2.72. The molecule has 0 N–H and O–H groups in total. The summed E-state index contributed by atoms with van der Waals surface area (Å²) in [6.45, 7) is 4.16. The van der Waals surface area contributed by atoms with E-state index in [9.17, 15) is 0 Å². The molecule has 0 unspecified atom stereocenters. The van der Waals surface area contributed by atoms with Crippen LogP contribution in [-0.2, 0) is 0 Å². The molecule has 0 aliphatic carbocycles. The fourth-order valence-corrected chi connectivity index (χ4v) is 1.51. The van der Waals surface area contributed by atoms with E-state index >= 15 is 0 Å². The van der Waals surface area contributed by atoms with Gasteiger partial charge in [-0.25, -0.2) is 0 Å². The summed E-state index contributed by atoms with van der Waals surface area (Å²) in [5.74, 6) is 0.916. The summed E-state index contributed by atoms with van der Waals surface area (Å²) >= 11 is 0. The molecule has 1 nitrogen and oxygen atoms in total. The summed E-state index contributed by atoms with van der Waals surface area (Å²) < 4.78 is 5.33. The van der Waals surface area contributed by atoms with Crippen molar-refractivity contribution >= 4 is 5.57 Å². The lowest BCUT2D eigenvalue weighted by Gasteiger charge is -2.02. The number of rotatable bonds is 2. The minimum Gasteiger partial charge on any atom is -0.464 e. The van der Waals surface area contributed by atoms with Crippen molar-refractivity contribution in [3.63, 3.8) is 0 Å². The van der Waals surface area contributed by atoms with Gasteiger partial charge < -0.3 is 4.42 Å². The Bertz CT molecular complexity index is 447. The second-order valence-electron chi connectivity index (χ2n) is 3.53. The molecule has 0 bridgehead atoms. The summed E-state index contributed by atoms with van der Waals surface area (Å²) in [6.07, 6.45) is 3.81. The third-order valence-electron chi connectivity index (χ3n) is 2.58. The van der Waals surface area contributed by atoms with Crippen LogP contribution in [-0.4, -0.2) is 0 Å². The van der Waals surface area contributed by atoms with E-state index in [-0.39, 0.29) is 0 Å². The molecule has 0 saturated carbocycles. The van der Waals surface area contributed by atoms with Crippen LogP contribution in [0.3, 0.4) is 0 Å². The predicted molar refractivity (Wildman–Crippen MR) is 63.5 cm³/mol. The fraction of sp³-hybridized carbons (Fsp3) is 0.143. The third-order valence-corrected chi connectivity index (χ3v) is 2.58. The normalized spacial score (nSPS) is 11.7. The Labute approximate surface area is 90.1 Å². The Balaban J connectivity index is 2.33. The molecule has 0 radical (unpaired) electrons. The van der Waals surface area contributed by atoms with Gasteiger partial charge in [0.1, 0.15) is 5.76 Å². The minimum absolute atomic E-state index is 0.916. The van der Waals surface area contributed by atoms with Gasteiger partial charge in [0.2, 0.25) is 0 Å². The van der Waals surface area contributed by atoms with Crippen molar-refractivity contribution in [1.82, 2.24) is 0 Å². The van der Waals surface area contributed by atoms with Crippen molar-refractivity contribution in [3.8, 4) is 11.3 Å². The van der Waals surface area contributed by atoms with Crippen LogP contribution >= 0.6 is 0 Å². The summed E-state index contributed by atoms with van der Waals surface area (Å²) in [5, 5.41) is 0. The molecule has 0 aliphatic heterocycles. The lowest BCUT2D eigenvalue weighted by atomic mass is 10.0. The van der Waals surface area contributed by atoms with Crippen LogP contribution in [0.2, 0.25) is 0 Å². The summed E-state index contributed by atoms with van der Waals surface area (Å²) in [5.41, 5.74) is 3.67. The Morgan fingerprint density at radius 3 is 2.40 bits per heavy atom. The Hall–Kier alpha value is -1.76. The SMILES string of the molecule is C/C=C(\C)c1ccc(-c2ccco2)cc1. The quantitative estimate of drug-likeness (QED) is 0.698. The Morgan fingerprint density at radius 2 is 1.87 bits per heavy atom. The van der Waals surface area contributed by atoms with E-state index in [0.29, 0.717) is 0 Å². The van der Waals surface area contributed by atoms with Gasteiger partial charge >= 0.3 is 0 Å². The van der Waals surface area contributed by atoms with Crippen LogP contribution in [0.5, 0.6) is 0 Å². The van der Waals surface area contributed by atoms with Gasteiger partial charge in [-0.2, -0.15) is 0 Å². The van der Waals surface area contributed by atoms with Crippen LogP contribution in [0.25, 0.3) is 16.9 Å². The average molecular weight is 198 g/mol. The smallest absolute Gasteiger partial charge is 0.133 e. The number of benzene rings is 1. The van der Waals surface area contributed by atoms with Crippen molar-refractivity contribution in [2.24, 2.45) is 0 Å². The van der Waals surface area contributed by atoms with Crippen molar-refractivity contribution in [2.75, 3.05) is 0 Å². The second kappa shape index (κ2) is 4.18. The predicted octanol–water partition coefficient (Wildman–Crippen LogP) is 4.37. The number of hydrogen-bond acceptors (Lipinski definition) is 1. The van der Waals surface area contributed by atoms with Crippen molar-refractivity contribution in [1.29, 1.82) is 0 Å². The van der Waals surface area contributed by atoms with Gasteiger partial charge in [0.25, 0.3) is 0 Å². The molecule has 0 spiro atoms. The van der Waals surface area contributed by atoms with E-state index in [1.807, 2.05) is 12.1 Å². The van der Waals surface area contributed by atoms with Crippen LogP contribution in [0.4, 0.5) is 0 Å². The monoisotopic (exact) mass is 198 g/mol. The minimum atomic E-state index is 0.916. The first kappa shape index (κ1) is 9.78. The van der Waals surface area contributed by atoms with Crippen LogP contribution < -0.4 is 0 Å². The number of hydrogen-bond donors (Lipinski definition) is 0. The van der Waals surface area contributed by atoms with E-state index in [0.717, 1.165) is 11.3 Å². The molecule has 0 amide bonds. The van der Waals surface area contributed by atoms with Gasteiger partial charge in [0, 0.05) is 5.56 Å². The second-order valence-corrected chi connectivity index (χ2v) is 3.53. The van der Waals surface area contributed by atoms with Crippen LogP contribution in [0, 0.1) is 0 Å². The molecular formula is C14H14O. The highest BCUT2D eigenvalue weighted by atomic mass is 16.3. The first-order valence-electron chi connectivity index (χ1n) is 5.08. The lowest BCUT2D eigenvalue weighted by Crippen LogP contribution is -1.79. The molecule has 2 aromatic rings. The van der Waals surface area contributed by atoms with E-state index in [2.05, 4.69) is 44.2 Å². The Morgan fingerprint density at radius 1 is 1.13 bits per heavy atom. The molecule has 0 atom stereocenters. The zero-order valence-corrected chi connectivity index (χ0v) is 9.03. The zero-order chi connectivity index (χ0) is 10.7. The number of furan rings is 1. The van der Waals surface area contributed by atoms with E-state index in [1.54, 1.807) is 6.26 Å². The van der Waals surface area contributed by atoms with E-state index in [4.69, 9.17) is 4.42 Å². The van der Waals surface area contributed by atoms with Gasteiger partial charge in [-0.05, 0) is 37.1 Å². The summed E-state index contributed by atoms with van der Waals surface area (Å²) in [4.78, 5) is 0. The lowest BCUT2D eigenvalue weighted by molar-refractivity contribution is 0.582. The molecule has 1 aromatic carbocycles. The fourth-order valence-electron chi connectivity index (χ4n) is 1.51. The van der Waals surface area contributed by atoms with E-state index in [1.165, 1.54) is 11.1 Å². The van der Waals surface area contributed by atoms with Crippen molar-refractivity contribution in [3.05, 3.63) is 54.3 Å². The molecule has 0 aliphatic rings. The van der Waals surface area contributed by atoms with Gasteiger partial charge in [-0.15, -0.1) is 0 Å². The van der Waals surface area contributed by atoms with Gasteiger partial charge in [-0.1, -0.05) is 30.3 Å². The molecule has 15 heavy (non-hydrogen) atoms. The topological polar surface area (TPSA) is 13.1 Å². The molecule has 0 saturated heterocycles. The molecule has 76 valence electrons. The first-order chi connectivity index (χ1) is 7.31. The maximum Gasteiger partial charge on any atom is 0.133 e. The van der Waals surface area contributed by atoms with Gasteiger partial charge in [0.05, 0.1) is 6.26 Å². The number of allylic oxidation sites excluding steroid dienone is 2.